The number of hydrogen-bond donors (Lipinski definition) is 0. The molecule has 5 rings (SSSR count). The summed E-state index contributed by atoms with van der Waals surface area (Å²) in [4.78, 5) is 9.65. The van der Waals surface area contributed by atoms with Crippen molar-refractivity contribution in [3.63, 3.8) is 0 Å². The zero-order chi connectivity index (χ0) is 21.8. The van der Waals surface area contributed by atoms with E-state index in [1.54, 1.807) is 0 Å². The van der Waals surface area contributed by atoms with E-state index < -0.39 is 0 Å². The fraction of sp³-hybridized carbons (Fsp3) is 0.100. The van der Waals surface area contributed by atoms with Crippen LogP contribution < -0.4 is 0 Å². The Labute approximate surface area is 188 Å². The summed E-state index contributed by atoms with van der Waals surface area (Å²) in [6.45, 7) is 2.21. The van der Waals surface area contributed by atoms with Gasteiger partial charge in [0, 0.05) is 16.7 Å². The molecule has 5 aromatic rings. The van der Waals surface area contributed by atoms with Crippen molar-refractivity contribution in [3.8, 4) is 0 Å². The molecule has 154 valence electrons. The quantitative estimate of drug-likeness (QED) is 0.205. The Bertz CT molecular complexity index is 1360. The number of benzene rings is 5. The zero-order valence-corrected chi connectivity index (χ0v) is 18.0. The molecule has 0 radical (unpaired) electrons. The van der Waals surface area contributed by atoms with Crippen LogP contribution in [-0.2, 0) is 0 Å². The predicted molar refractivity (Wildman–Crippen MR) is 135 cm³/mol. The lowest BCUT2D eigenvalue weighted by Crippen LogP contribution is -2.06. The molecule has 2 nitrogen and oxygen atoms in total. The third-order valence-electron chi connectivity index (χ3n) is 6.04. The smallest absolute Gasteiger partial charge is 0.0955 e. The van der Waals surface area contributed by atoms with Crippen molar-refractivity contribution in [2.45, 2.75) is 18.9 Å². The molecule has 5 aromatic carbocycles. The van der Waals surface area contributed by atoms with Crippen LogP contribution in [0.15, 0.2) is 125 Å². The molecule has 0 aliphatic heterocycles. The fourth-order valence-electron chi connectivity index (χ4n) is 4.32. The van der Waals surface area contributed by atoms with E-state index in [0.29, 0.717) is 0 Å². The summed E-state index contributed by atoms with van der Waals surface area (Å²) in [6.07, 6.45) is 0. The van der Waals surface area contributed by atoms with Crippen molar-refractivity contribution in [3.05, 3.63) is 126 Å². The predicted octanol–water partition coefficient (Wildman–Crippen LogP) is 8.34. The average molecular weight is 413 g/mol. The first-order valence-corrected chi connectivity index (χ1v) is 11.0. The van der Waals surface area contributed by atoms with Gasteiger partial charge in [-0.25, -0.2) is 4.99 Å². The van der Waals surface area contributed by atoms with Crippen LogP contribution in [0.4, 0.5) is 5.69 Å². The average Bonchev–Trinajstić information content (AvgIpc) is 2.86. The number of nitrogens with zero attached hydrogens (tertiary/aromatic N) is 2. The molecule has 2 heteroatoms. The highest BCUT2D eigenvalue weighted by molar-refractivity contribution is 6.10. The van der Waals surface area contributed by atoms with E-state index in [0.717, 1.165) is 22.0 Å². The molecule has 0 spiro atoms. The lowest BCUT2D eigenvalue weighted by atomic mass is 9.89. The van der Waals surface area contributed by atoms with Crippen LogP contribution in [0.2, 0.25) is 0 Å². The molecule has 0 amide bonds. The van der Waals surface area contributed by atoms with E-state index in [1.165, 1.54) is 16.3 Å². The van der Waals surface area contributed by atoms with E-state index in [9.17, 15) is 0 Å². The van der Waals surface area contributed by atoms with Crippen molar-refractivity contribution < 1.29 is 0 Å². The number of fused-ring (bicyclic) bond motifs is 2. The highest BCUT2D eigenvalue weighted by Gasteiger charge is 2.19. The van der Waals surface area contributed by atoms with Crippen molar-refractivity contribution in [2.75, 3.05) is 0 Å². The maximum absolute atomic E-state index is 4.86. The van der Waals surface area contributed by atoms with E-state index in [2.05, 4.69) is 116 Å². The van der Waals surface area contributed by atoms with Crippen molar-refractivity contribution >= 4 is 33.2 Å². The van der Waals surface area contributed by atoms with E-state index >= 15 is 0 Å². The van der Waals surface area contributed by atoms with Gasteiger partial charge in [0.2, 0.25) is 0 Å². The molecule has 0 saturated heterocycles. The maximum Gasteiger partial charge on any atom is 0.0955 e. The van der Waals surface area contributed by atoms with Crippen LogP contribution in [0, 0.1) is 0 Å². The molecular formula is C30H24N2. The molecular weight excluding hydrogens is 388 g/mol. The summed E-state index contributed by atoms with van der Waals surface area (Å²) >= 11 is 0. The molecule has 2 unspecified atom stereocenters. The van der Waals surface area contributed by atoms with Crippen LogP contribution in [0.25, 0.3) is 21.5 Å². The van der Waals surface area contributed by atoms with Crippen LogP contribution in [-0.4, -0.2) is 6.01 Å². The summed E-state index contributed by atoms with van der Waals surface area (Å²) in [6, 6.07) is 42.9. The third kappa shape index (κ3) is 3.97. The SMILES string of the molecule is CC(c1ccccc1)C(N=C=Nc1c2ccccc2cc2ccccc12)c1ccccc1. The third-order valence-corrected chi connectivity index (χ3v) is 6.04. The molecule has 0 aliphatic rings. The first-order valence-electron chi connectivity index (χ1n) is 11.0. The standard InChI is InChI=1S/C30H24N2/c1-22(23-12-4-2-5-13-23)29(24-14-6-3-7-15-24)31-21-32-30-27-18-10-8-16-25(27)20-26-17-9-11-19-28(26)30/h2-20,22,29H,1H3. The molecule has 2 atom stereocenters. The minimum atomic E-state index is -0.0661. The number of aliphatic imine (C=N–C) groups is 2. The van der Waals surface area contributed by atoms with Gasteiger partial charge in [0.1, 0.15) is 0 Å². The molecule has 0 saturated carbocycles. The van der Waals surface area contributed by atoms with Crippen LogP contribution in [0.1, 0.15) is 30.0 Å². The van der Waals surface area contributed by atoms with E-state index in [1.807, 2.05) is 12.1 Å². The Morgan fingerprint density at radius 2 is 1.09 bits per heavy atom. The monoisotopic (exact) mass is 412 g/mol. The van der Waals surface area contributed by atoms with Gasteiger partial charge in [0.05, 0.1) is 17.7 Å². The van der Waals surface area contributed by atoms with Gasteiger partial charge in [-0.1, -0.05) is 116 Å². The van der Waals surface area contributed by atoms with Crippen LogP contribution >= 0.6 is 0 Å². The Hall–Kier alpha value is -4.00. The molecule has 0 N–H and O–H groups in total. The normalized spacial score (nSPS) is 12.8. The van der Waals surface area contributed by atoms with Crippen molar-refractivity contribution in [1.82, 2.24) is 0 Å². The Kier molecular flexibility index (Phi) is 5.61. The molecule has 0 fully saturated rings. The topological polar surface area (TPSA) is 24.7 Å². The van der Waals surface area contributed by atoms with Gasteiger partial charge in [-0.05, 0) is 28.0 Å². The minimum absolute atomic E-state index is 0.0661. The van der Waals surface area contributed by atoms with Crippen LogP contribution in [0.5, 0.6) is 0 Å². The van der Waals surface area contributed by atoms with Gasteiger partial charge in [0.25, 0.3) is 0 Å². The van der Waals surface area contributed by atoms with Crippen molar-refractivity contribution in [2.24, 2.45) is 9.98 Å². The second kappa shape index (κ2) is 9.01. The second-order valence-corrected chi connectivity index (χ2v) is 8.06. The van der Waals surface area contributed by atoms with Gasteiger partial charge < -0.3 is 0 Å². The highest BCUT2D eigenvalue weighted by atomic mass is 14.9. The summed E-state index contributed by atoms with van der Waals surface area (Å²) in [7, 11) is 0. The Balaban J connectivity index is 1.63. The largest absolute Gasteiger partial charge is 0.216 e. The van der Waals surface area contributed by atoms with E-state index in [4.69, 9.17) is 9.98 Å². The summed E-state index contributed by atoms with van der Waals surface area (Å²) in [5, 5.41) is 4.57. The Morgan fingerprint density at radius 3 is 1.69 bits per heavy atom. The van der Waals surface area contributed by atoms with E-state index in [-0.39, 0.29) is 12.0 Å². The van der Waals surface area contributed by atoms with Gasteiger partial charge in [-0.3, -0.25) is 0 Å². The van der Waals surface area contributed by atoms with Gasteiger partial charge >= 0.3 is 0 Å². The Morgan fingerprint density at radius 1 is 0.594 bits per heavy atom. The van der Waals surface area contributed by atoms with Gasteiger partial charge in [-0.2, -0.15) is 4.99 Å². The summed E-state index contributed by atoms with van der Waals surface area (Å²) in [5.41, 5.74) is 3.33. The maximum atomic E-state index is 4.86. The lowest BCUT2D eigenvalue weighted by molar-refractivity contribution is 0.603. The highest BCUT2D eigenvalue weighted by Crippen LogP contribution is 2.36. The minimum Gasteiger partial charge on any atom is -0.216 e. The summed E-state index contributed by atoms with van der Waals surface area (Å²) in [5.74, 6) is 0.200. The molecule has 0 heterocycles. The number of rotatable bonds is 5. The van der Waals surface area contributed by atoms with Gasteiger partial charge in [-0.15, -0.1) is 0 Å². The molecule has 32 heavy (non-hydrogen) atoms. The molecule has 0 bridgehead atoms. The summed E-state index contributed by atoms with van der Waals surface area (Å²) < 4.78 is 0. The molecule has 0 aromatic heterocycles. The first kappa shape index (κ1) is 19.9. The zero-order valence-electron chi connectivity index (χ0n) is 18.0. The van der Waals surface area contributed by atoms with Crippen LogP contribution in [0.3, 0.4) is 0 Å². The fourth-order valence-corrected chi connectivity index (χ4v) is 4.32. The lowest BCUT2D eigenvalue weighted by Gasteiger charge is -2.20. The van der Waals surface area contributed by atoms with Crippen molar-refractivity contribution in [1.29, 1.82) is 0 Å². The first-order chi connectivity index (χ1) is 15.8. The number of hydrogen-bond acceptors (Lipinski definition) is 2. The van der Waals surface area contributed by atoms with Gasteiger partial charge in [0.15, 0.2) is 0 Å². The second-order valence-electron chi connectivity index (χ2n) is 8.06. The molecule has 0 aliphatic carbocycles.